The number of ketones is 1. The summed E-state index contributed by atoms with van der Waals surface area (Å²) in [5, 5.41) is 4.80. The zero-order valence-corrected chi connectivity index (χ0v) is 18.2. The number of anilines is 2. The Morgan fingerprint density at radius 2 is 1.65 bits per heavy atom. The van der Waals surface area contributed by atoms with Crippen LogP contribution < -0.4 is 14.8 Å². The summed E-state index contributed by atoms with van der Waals surface area (Å²) in [5.41, 5.74) is 2.24. The van der Waals surface area contributed by atoms with Gasteiger partial charge in [0, 0.05) is 39.5 Å². The third-order valence-corrected chi connectivity index (χ3v) is 5.23. The summed E-state index contributed by atoms with van der Waals surface area (Å²) in [6, 6.07) is 15.3. The Morgan fingerprint density at radius 3 is 2.32 bits per heavy atom. The highest BCUT2D eigenvalue weighted by atomic mass is 35.5. The Morgan fingerprint density at radius 1 is 0.935 bits per heavy atom. The van der Waals surface area contributed by atoms with Crippen LogP contribution in [0.4, 0.5) is 11.6 Å². The second-order valence-corrected chi connectivity index (χ2v) is 7.46. The molecule has 0 aliphatic rings. The maximum Gasteiger partial charge on any atom is 0.227 e. The van der Waals surface area contributed by atoms with Crippen LogP contribution in [0.5, 0.6) is 11.5 Å². The number of benzene rings is 3. The highest BCUT2D eigenvalue weighted by Crippen LogP contribution is 2.32. The quantitative estimate of drug-likeness (QED) is 0.364. The molecule has 3 aromatic carbocycles. The Hall–Kier alpha value is -3.35. The van der Waals surface area contributed by atoms with E-state index in [0.717, 1.165) is 5.39 Å². The summed E-state index contributed by atoms with van der Waals surface area (Å²) >= 11 is 12.3. The van der Waals surface area contributed by atoms with E-state index in [4.69, 9.17) is 32.7 Å². The van der Waals surface area contributed by atoms with Gasteiger partial charge in [-0.05, 0) is 48.5 Å². The molecular formula is C23H17Cl2N3O3. The molecule has 0 aliphatic heterocycles. The lowest BCUT2D eigenvalue weighted by Gasteiger charge is -2.11. The number of rotatable bonds is 6. The van der Waals surface area contributed by atoms with Crippen LogP contribution in [-0.4, -0.2) is 30.0 Å². The van der Waals surface area contributed by atoms with Crippen molar-refractivity contribution in [2.24, 2.45) is 0 Å². The third-order valence-electron chi connectivity index (χ3n) is 4.66. The van der Waals surface area contributed by atoms with E-state index in [1.54, 1.807) is 68.9 Å². The number of halogens is 2. The number of carbonyl (C=O) groups is 1. The zero-order valence-electron chi connectivity index (χ0n) is 16.6. The van der Waals surface area contributed by atoms with Crippen LogP contribution in [0.15, 0.2) is 60.8 Å². The van der Waals surface area contributed by atoms with Crippen LogP contribution in [0, 0.1) is 0 Å². The number of nitrogens with one attached hydrogen (secondary N) is 1. The first-order valence-electron chi connectivity index (χ1n) is 9.24. The number of hydrogen-bond acceptors (Lipinski definition) is 6. The number of nitrogens with zero attached hydrogens (tertiary/aromatic N) is 2. The van der Waals surface area contributed by atoms with Crippen LogP contribution in [0.2, 0.25) is 10.0 Å². The SMILES string of the molecule is COc1cc2cnc(Nc3ccc(C(=O)c4ccc(Cl)cc4)c(Cl)c3)nc2cc1OC. The van der Waals surface area contributed by atoms with Crippen molar-refractivity contribution in [3.63, 3.8) is 0 Å². The van der Waals surface area contributed by atoms with Gasteiger partial charge in [0.1, 0.15) is 0 Å². The van der Waals surface area contributed by atoms with Crippen molar-refractivity contribution in [1.29, 1.82) is 0 Å². The van der Waals surface area contributed by atoms with Crippen LogP contribution in [0.1, 0.15) is 15.9 Å². The molecule has 156 valence electrons. The van der Waals surface area contributed by atoms with Crippen LogP contribution in [0.3, 0.4) is 0 Å². The molecule has 0 bridgehead atoms. The van der Waals surface area contributed by atoms with Crippen molar-refractivity contribution in [2.45, 2.75) is 0 Å². The third kappa shape index (κ3) is 4.40. The van der Waals surface area contributed by atoms with Crippen molar-refractivity contribution in [2.75, 3.05) is 19.5 Å². The van der Waals surface area contributed by atoms with Crippen molar-refractivity contribution in [3.05, 3.63) is 82.0 Å². The molecule has 4 rings (SSSR count). The van der Waals surface area contributed by atoms with E-state index in [-0.39, 0.29) is 5.78 Å². The molecule has 4 aromatic rings. The maximum absolute atomic E-state index is 12.7. The highest BCUT2D eigenvalue weighted by Gasteiger charge is 2.14. The fourth-order valence-corrected chi connectivity index (χ4v) is 3.47. The molecule has 0 fully saturated rings. The Bertz CT molecular complexity index is 1280. The molecule has 31 heavy (non-hydrogen) atoms. The average molecular weight is 454 g/mol. The number of aromatic nitrogens is 2. The molecule has 0 saturated heterocycles. The topological polar surface area (TPSA) is 73.3 Å². The molecule has 0 saturated carbocycles. The van der Waals surface area contributed by atoms with Crippen molar-refractivity contribution in [3.8, 4) is 11.5 Å². The predicted octanol–water partition coefficient (Wildman–Crippen LogP) is 5.93. The lowest BCUT2D eigenvalue weighted by molar-refractivity contribution is 0.103. The zero-order chi connectivity index (χ0) is 22.0. The molecule has 0 unspecified atom stereocenters. The molecular weight excluding hydrogens is 437 g/mol. The molecule has 0 spiro atoms. The second-order valence-electron chi connectivity index (χ2n) is 6.62. The summed E-state index contributed by atoms with van der Waals surface area (Å²) < 4.78 is 10.6. The first kappa shape index (κ1) is 20.9. The minimum atomic E-state index is -0.184. The number of carbonyl (C=O) groups excluding carboxylic acids is 1. The number of hydrogen-bond donors (Lipinski definition) is 1. The smallest absolute Gasteiger partial charge is 0.227 e. The van der Waals surface area contributed by atoms with Gasteiger partial charge in [-0.15, -0.1) is 0 Å². The van der Waals surface area contributed by atoms with Gasteiger partial charge in [-0.3, -0.25) is 4.79 Å². The van der Waals surface area contributed by atoms with E-state index in [9.17, 15) is 4.79 Å². The van der Waals surface area contributed by atoms with Gasteiger partial charge in [-0.25, -0.2) is 9.97 Å². The lowest BCUT2D eigenvalue weighted by atomic mass is 10.0. The van der Waals surface area contributed by atoms with E-state index in [2.05, 4.69) is 15.3 Å². The van der Waals surface area contributed by atoms with E-state index in [0.29, 0.717) is 49.8 Å². The fourth-order valence-electron chi connectivity index (χ4n) is 3.08. The number of ether oxygens (including phenoxy) is 2. The lowest BCUT2D eigenvalue weighted by Crippen LogP contribution is -2.03. The van der Waals surface area contributed by atoms with Gasteiger partial charge in [0.25, 0.3) is 0 Å². The van der Waals surface area contributed by atoms with Crippen LogP contribution in [0.25, 0.3) is 10.9 Å². The predicted molar refractivity (Wildman–Crippen MR) is 122 cm³/mol. The fraction of sp³-hybridized carbons (Fsp3) is 0.0870. The Labute approximate surface area is 188 Å². The molecule has 0 amide bonds. The molecule has 0 atom stereocenters. The first-order chi connectivity index (χ1) is 15.0. The summed E-state index contributed by atoms with van der Waals surface area (Å²) in [6.07, 6.45) is 1.69. The van der Waals surface area contributed by atoms with E-state index < -0.39 is 0 Å². The number of methoxy groups -OCH3 is 2. The van der Waals surface area contributed by atoms with Gasteiger partial charge in [0.15, 0.2) is 17.3 Å². The van der Waals surface area contributed by atoms with Gasteiger partial charge in [-0.2, -0.15) is 0 Å². The monoisotopic (exact) mass is 453 g/mol. The minimum Gasteiger partial charge on any atom is -0.493 e. The summed E-state index contributed by atoms with van der Waals surface area (Å²) in [6.45, 7) is 0. The number of fused-ring (bicyclic) bond motifs is 1. The highest BCUT2D eigenvalue weighted by molar-refractivity contribution is 6.35. The summed E-state index contributed by atoms with van der Waals surface area (Å²) in [7, 11) is 3.14. The largest absolute Gasteiger partial charge is 0.493 e. The normalized spacial score (nSPS) is 10.7. The van der Waals surface area contributed by atoms with Crippen LogP contribution in [-0.2, 0) is 0 Å². The van der Waals surface area contributed by atoms with Crippen molar-refractivity contribution < 1.29 is 14.3 Å². The molecule has 1 aromatic heterocycles. The molecule has 0 aliphatic carbocycles. The second kappa shape index (κ2) is 8.79. The van der Waals surface area contributed by atoms with E-state index in [1.807, 2.05) is 6.07 Å². The molecule has 6 nitrogen and oxygen atoms in total. The standard InChI is InChI=1S/C23H17Cl2N3O3/c1-30-20-9-14-12-26-23(28-19(14)11-21(20)31-2)27-16-7-8-17(18(25)10-16)22(29)13-3-5-15(24)6-4-13/h3-12H,1-2H3,(H,26,27,28). The minimum absolute atomic E-state index is 0.184. The summed E-state index contributed by atoms with van der Waals surface area (Å²) in [5.74, 6) is 1.38. The Balaban J connectivity index is 1.59. The molecule has 1 heterocycles. The van der Waals surface area contributed by atoms with Gasteiger partial charge < -0.3 is 14.8 Å². The van der Waals surface area contributed by atoms with Gasteiger partial charge in [0.05, 0.1) is 24.8 Å². The summed E-state index contributed by atoms with van der Waals surface area (Å²) in [4.78, 5) is 21.6. The van der Waals surface area contributed by atoms with Crippen molar-refractivity contribution >= 4 is 51.5 Å². The van der Waals surface area contributed by atoms with Crippen LogP contribution >= 0.6 is 23.2 Å². The van der Waals surface area contributed by atoms with Crippen molar-refractivity contribution in [1.82, 2.24) is 9.97 Å². The molecule has 1 N–H and O–H groups in total. The van der Waals surface area contributed by atoms with Gasteiger partial charge >= 0.3 is 0 Å². The van der Waals surface area contributed by atoms with E-state index >= 15 is 0 Å². The van der Waals surface area contributed by atoms with Gasteiger partial charge in [-0.1, -0.05) is 23.2 Å². The molecule has 8 heteroatoms. The van der Waals surface area contributed by atoms with Gasteiger partial charge in [0.2, 0.25) is 5.95 Å². The molecule has 0 radical (unpaired) electrons. The first-order valence-corrected chi connectivity index (χ1v) is 9.99. The maximum atomic E-state index is 12.7. The Kier molecular flexibility index (Phi) is 5.93. The average Bonchev–Trinajstić information content (AvgIpc) is 2.78. The van der Waals surface area contributed by atoms with E-state index in [1.165, 1.54) is 0 Å².